The zero-order valence-electron chi connectivity index (χ0n) is 11.9. The number of hydrogen-bond donors (Lipinski definition) is 0. The van der Waals surface area contributed by atoms with Crippen LogP contribution in [0.15, 0.2) is 6.20 Å². The number of halogens is 1. The topological polar surface area (TPSA) is 56.1 Å². The summed E-state index contributed by atoms with van der Waals surface area (Å²) in [6.07, 6.45) is 1.69. The van der Waals surface area contributed by atoms with E-state index in [1.807, 2.05) is 7.05 Å². The highest BCUT2D eigenvalue weighted by Gasteiger charge is 2.27. The molecule has 3 heterocycles. The third-order valence-electron chi connectivity index (χ3n) is 3.46. The second-order valence-electron chi connectivity index (χ2n) is 5.75. The normalized spacial score (nSPS) is 19.6. The number of aryl methyl sites for hydroxylation is 1. The minimum absolute atomic E-state index is 0.126. The fourth-order valence-electron chi connectivity index (χ4n) is 2.55. The summed E-state index contributed by atoms with van der Waals surface area (Å²) in [4.78, 5) is 11.2. The Morgan fingerprint density at radius 2 is 2.20 bits per heavy atom. The Kier molecular flexibility index (Phi) is 3.40. The Bertz CT molecular complexity index is 639. The third-order valence-corrected chi connectivity index (χ3v) is 3.75. The van der Waals surface area contributed by atoms with Gasteiger partial charge in [-0.3, -0.25) is 9.58 Å². The molecule has 0 N–H and O–H groups in total. The zero-order valence-corrected chi connectivity index (χ0v) is 12.7. The Morgan fingerprint density at radius 1 is 1.40 bits per heavy atom. The van der Waals surface area contributed by atoms with Crippen molar-refractivity contribution >= 4 is 22.6 Å². The number of ether oxygens (including phenoxy) is 1. The highest BCUT2D eigenvalue weighted by molar-refractivity contribution is 6.33. The van der Waals surface area contributed by atoms with Crippen molar-refractivity contribution in [2.24, 2.45) is 7.05 Å². The van der Waals surface area contributed by atoms with E-state index < -0.39 is 0 Å². The molecule has 108 valence electrons. The number of morpholine rings is 1. The van der Waals surface area contributed by atoms with E-state index in [1.54, 1.807) is 10.9 Å². The van der Waals surface area contributed by atoms with Crippen LogP contribution in [0.1, 0.15) is 19.7 Å². The summed E-state index contributed by atoms with van der Waals surface area (Å²) >= 11 is 6.20. The van der Waals surface area contributed by atoms with Crippen molar-refractivity contribution in [2.45, 2.75) is 26.0 Å². The number of fused-ring (bicyclic) bond motifs is 1. The lowest BCUT2D eigenvalue weighted by Gasteiger charge is -2.37. The van der Waals surface area contributed by atoms with Crippen LogP contribution in [0.4, 0.5) is 0 Å². The molecule has 7 heteroatoms. The van der Waals surface area contributed by atoms with Crippen LogP contribution < -0.4 is 0 Å². The minimum atomic E-state index is -0.126. The quantitative estimate of drug-likeness (QED) is 0.788. The molecule has 0 aromatic carbocycles. The lowest BCUT2D eigenvalue weighted by molar-refractivity contribution is -0.0887. The van der Waals surface area contributed by atoms with Crippen molar-refractivity contribution in [1.82, 2.24) is 24.6 Å². The molecule has 6 nitrogen and oxygen atoms in total. The van der Waals surface area contributed by atoms with E-state index in [1.165, 1.54) is 0 Å². The summed E-state index contributed by atoms with van der Waals surface area (Å²) in [6.45, 7) is 7.34. The van der Waals surface area contributed by atoms with Crippen LogP contribution in [0.3, 0.4) is 0 Å². The summed E-state index contributed by atoms with van der Waals surface area (Å²) in [7, 11) is 1.85. The van der Waals surface area contributed by atoms with Crippen molar-refractivity contribution in [2.75, 3.05) is 19.7 Å². The van der Waals surface area contributed by atoms with E-state index in [2.05, 4.69) is 33.8 Å². The molecule has 0 unspecified atom stereocenters. The van der Waals surface area contributed by atoms with Gasteiger partial charge in [0.2, 0.25) is 0 Å². The van der Waals surface area contributed by atoms with Crippen LogP contribution in [0.2, 0.25) is 5.15 Å². The van der Waals surface area contributed by atoms with Gasteiger partial charge in [0.25, 0.3) is 0 Å². The molecule has 0 saturated carbocycles. The first-order valence-corrected chi connectivity index (χ1v) is 7.03. The predicted molar refractivity (Wildman–Crippen MR) is 76.6 cm³/mol. The molecule has 0 radical (unpaired) electrons. The van der Waals surface area contributed by atoms with Gasteiger partial charge in [0.15, 0.2) is 5.65 Å². The number of nitrogens with zero attached hydrogens (tertiary/aromatic N) is 5. The smallest absolute Gasteiger partial charge is 0.162 e. The van der Waals surface area contributed by atoms with Crippen molar-refractivity contribution in [3.63, 3.8) is 0 Å². The maximum atomic E-state index is 6.20. The summed E-state index contributed by atoms with van der Waals surface area (Å²) in [5.41, 5.74) is 0.645. The second kappa shape index (κ2) is 4.95. The Balaban J connectivity index is 1.85. The fraction of sp³-hybridized carbons (Fsp3) is 0.615. The van der Waals surface area contributed by atoms with E-state index in [0.29, 0.717) is 11.7 Å². The van der Waals surface area contributed by atoms with Crippen LogP contribution in [0.25, 0.3) is 11.0 Å². The van der Waals surface area contributed by atoms with Gasteiger partial charge in [-0.15, -0.1) is 0 Å². The maximum Gasteiger partial charge on any atom is 0.162 e. The summed E-state index contributed by atoms with van der Waals surface area (Å²) in [5, 5.41) is 5.42. The van der Waals surface area contributed by atoms with Gasteiger partial charge in [0, 0.05) is 20.1 Å². The van der Waals surface area contributed by atoms with Gasteiger partial charge >= 0.3 is 0 Å². The zero-order chi connectivity index (χ0) is 14.3. The third kappa shape index (κ3) is 2.63. The standard InChI is InChI=1S/C13H18ClN5O/c1-13(2)8-19(4-5-20-13)7-10-16-11(14)9-6-15-18(3)12(9)17-10/h6H,4-5,7-8H2,1-3H3. The molecular weight excluding hydrogens is 278 g/mol. The minimum Gasteiger partial charge on any atom is -0.373 e. The van der Waals surface area contributed by atoms with Gasteiger partial charge in [-0.05, 0) is 13.8 Å². The van der Waals surface area contributed by atoms with Crippen LogP contribution in [-0.2, 0) is 18.3 Å². The molecule has 0 amide bonds. The molecule has 0 spiro atoms. The molecule has 2 aromatic rings. The highest BCUT2D eigenvalue weighted by atomic mass is 35.5. The first kappa shape index (κ1) is 13.7. The van der Waals surface area contributed by atoms with Crippen LogP contribution >= 0.6 is 11.6 Å². The van der Waals surface area contributed by atoms with E-state index in [4.69, 9.17) is 16.3 Å². The van der Waals surface area contributed by atoms with Crippen LogP contribution in [0.5, 0.6) is 0 Å². The van der Waals surface area contributed by atoms with E-state index in [0.717, 1.165) is 36.6 Å². The van der Waals surface area contributed by atoms with Crippen LogP contribution in [-0.4, -0.2) is 49.9 Å². The van der Waals surface area contributed by atoms with Crippen molar-refractivity contribution in [3.05, 3.63) is 17.2 Å². The maximum absolute atomic E-state index is 6.20. The average Bonchev–Trinajstić information content (AvgIpc) is 2.70. The molecule has 1 aliphatic heterocycles. The molecular formula is C13H18ClN5O. The van der Waals surface area contributed by atoms with Crippen LogP contribution in [0, 0.1) is 0 Å². The monoisotopic (exact) mass is 295 g/mol. The summed E-state index contributed by atoms with van der Waals surface area (Å²) < 4.78 is 7.43. The SMILES string of the molecule is Cn1ncc2c(Cl)nc(CN3CCOC(C)(C)C3)nc21. The fourth-order valence-corrected chi connectivity index (χ4v) is 2.78. The molecule has 1 fully saturated rings. The first-order valence-electron chi connectivity index (χ1n) is 6.65. The molecule has 0 aliphatic carbocycles. The van der Waals surface area contributed by atoms with Gasteiger partial charge in [-0.1, -0.05) is 11.6 Å². The number of hydrogen-bond acceptors (Lipinski definition) is 5. The predicted octanol–water partition coefficient (Wildman–Crippen LogP) is 1.63. The number of aromatic nitrogens is 4. The molecule has 20 heavy (non-hydrogen) atoms. The first-order chi connectivity index (χ1) is 9.44. The molecule has 3 rings (SSSR count). The summed E-state index contributed by atoms with van der Waals surface area (Å²) in [6, 6.07) is 0. The largest absolute Gasteiger partial charge is 0.373 e. The second-order valence-corrected chi connectivity index (χ2v) is 6.11. The van der Waals surface area contributed by atoms with Gasteiger partial charge in [-0.25, -0.2) is 9.97 Å². The lowest BCUT2D eigenvalue weighted by atomic mass is 10.1. The molecule has 1 saturated heterocycles. The van der Waals surface area contributed by atoms with Gasteiger partial charge < -0.3 is 4.74 Å². The highest BCUT2D eigenvalue weighted by Crippen LogP contribution is 2.21. The Labute approximate surface area is 122 Å². The van der Waals surface area contributed by atoms with Gasteiger partial charge in [-0.2, -0.15) is 5.10 Å². The Morgan fingerprint density at radius 3 is 2.95 bits per heavy atom. The van der Waals surface area contributed by atoms with Gasteiger partial charge in [0.05, 0.1) is 30.3 Å². The lowest BCUT2D eigenvalue weighted by Crippen LogP contribution is -2.47. The molecule has 1 aliphatic rings. The Hall–Kier alpha value is -1.24. The molecule has 0 atom stereocenters. The van der Waals surface area contributed by atoms with Crippen molar-refractivity contribution in [1.29, 1.82) is 0 Å². The van der Waals surface area contributed by atoms with Crippen molar-refractivity contribution < 1.29 is 4.74 Å². The van der Waals surface area contributed by atoms with Crippen molar-refractivity contribution in [3.8, 4) is 0 Å². The molecule has 0 bridgehead atoms. The average molecular weight is 296 g/mol. The van der Waals surface area contributed by atoms with E-state index >= 15 is 0 Å². The van der Waals surface area contributed by atoms with E-state index in [-0.39, 0.29) is 5.60 Å². The number of rotatable bonds is 2. The summed E-state index contributed by atoms with van der Waals surface area (Å²) in [5.74, 6) is 0.726. The van der Waals surface area contributed by atoms with E-state index in [9.17, 15) is 0 Å². The molecule has 2 aromatic heterocycles. The van der Waals surface area contributed by atoms with Gasteiger partial charge in [0.1, 0.15) is 11.0 Å².